The van der Waals surface area contributed by atoms with E-state index in [4.69, 9.17) is 11.6 Å². The predicted molar refractivity (Wildman–Crippen MR) is 103 cm³/mol. The molecular formula is C18H19ClF2N2O4S. The van der Waals surface area contributed by atoms with Crippen LogP contribution < -0.4 is 14.8 Å². The highest BCUT2D eigenvalue weighted by molar-refractivity contribution is 7.89. The molecule has 2 rings (SSSR count). The molecule has 1 atom stereocenters. The largest absolute Gasteiger partial charge is 0.433 e. The summed E-state index contributed by atoms with van der Waals surface area (Å²) in [5, 5.41) is 2.46. The first kappa shape index (κ1) is 22.1. The van der Waals surface area contributed by atoms with Gasteiger partial charge in [0.1, 0.15) is 5.75 Å². The fourth-order valence-corrected chi connectivity index (χ4v) is 3.73. The van der Waals surface area contributed by atoms with E-state index in [-0.39, 0.29) is 33.0 Å². The van der Waals surface area contributed by atoms with Gasteiger partial charge in [-0.2, -0.15) is 8.78 Å². The van der Waals surface area contributed by atoms with Crippen LogP contribution in [-0.4, -0.2) is 27.0 Å². The van der Waals surface area contributed by atoms with Crippen LogP contribution in [0.25, 0.3) is 0 Å². The summed E-state index contributed by atoms with van der Waals surface area (Å²) in [6.07, 6.45) is 0.642. The lowest BCUT2D eigenvalue weighted by Gasteiger charge is -2.12. The molecule has 0 saturated carbocycles. The van der Waals surface area contributed by atoms with E-state index in [1.54, 1.807) is 6.92 Å². The SMILES string of the molecule is CC[C@H](C)NS(=O)(=O)c1ccc(C(=O)Nc2ccc(OC(F)F)c(Cl)c2)cc1. The lowest BCUT2D eigenvalue weighted by Crippen LogP contribution is -2.32. The Balaban J connectivity index is 2.10. The zero-order valence-electron chi connectivity index (χ0n) is 15.1. The topological polar surface area (TPSA) is 84.5 Å². The molecule has 2 aromatic rings. The number of carbonyl (C=O) groups excluding carboxylic acids is 1. The van der Waals surface area contributed by atoms with Gasteiger partial charge in [-0.15, -0.1) is 0 Å². The van der Waals surface area contributed by atoms with Crippen molar-refractivity contribution in [1.82, 2.24) is 4.72 Å². The maximum absolute atomic E-state index is 12.3. The fraction of sp³-hybridized carbons (Fsp3) is 0.278. The fourth-order valence-electron chi connectivity index (χ4n) is 2.18. The van der Waals surface area contributed by atoms with Crippen LogP contribution in [0.4, 0.5) is 14.5 Å². The number of hydrogen-bond acceptors (Lipinski definition) is 4. The molecule has 0 fully saturated rings. The van der Waals surface area contributed by atoms with E-state index in [1.165, 1.54) is 42.5 Å². The number of alkyl halides is 2. The number of nitrogens with one attached hydrogen (secondary N) is 2. The molecule has 0 unspecified atom stereocenters. The average molecular weight is 433 g/mol. The van der Waals surface area contributed by atoms with E-state index in [0.717, 1.165) is 0 Å². The summed E-state index contributed by atoms with van der Waals surface area (Å²) in [5.74, 6) is -0.726. The molecular weight excluding hydrogens is 414 g/mol. The molecule has 0 bridgehead atoms. The molecule has 0 aromatic heterocycles. The molecule has 0 aliphatic rings. The van der Waals surface area contributed by atoms with Crippen molar-refractivity contribution in [2.24, 2.45) is 0 Å². The highest BCUT2D eigenvalue weighted by atomic mass is 35.5. The van der Waals surface area contributed by atoms with Crippen LogP contribution in [-0.2, 0) is 10.0 Å². The monoisotopic (exact) mass is 432 g/mol. The third kappa shape index (κ3) is 5.88. The number of carbonyl (C=O) groups is 1. The van der Waals surface area contributed by atoms with Crippen molar-refractivity contribution in [2.45, 2.75) is 37.8 Å². The second-order valence-electron chi connectivity index (χ2n) is 5.93. The van der Waals surface area contributed by atoms with E-state index in [9.17, 15) is 22.0 Å². The van der Waals surface area contributed by atoms with E-state index in [0.29, 0.717) is 6.42 Å². The van der Waals surface area contributed by atoms with Crippen molar-refractivity contribution in [3.63, 3.8) is 0 Å². The standard InChI is InChI=1S/C18H19ClF2N2O4S/c1-3-11(2)23-28(25,26)14-7-4-12(5-8-14)17(24)22-13-6-9-16(15(19)10-13)27-18(20)21/h4-11,18,23H,3H2,1-2H3,(H,22,24)/t11-/m0/s1. The summed E-state index contributed by atoms with van der Waals surface area (Å²) in [5.41, 5.74) is 0.485. The summed E-state index contributed by atoms with van der Waals surface area (Å²) in [6, 6.07) is 9.02. The molecule has 1 amide bonds. The Labute approximate surface area is 166 Å². The molecule has 0 heterocycles. The number of benzene rings is 2. The quantitative estimate of drug-likeness (QED) is 0.652. The maximum atomic E-state index is 12.3. The molecule has 0 saturated heterocycles. The highest BCUT2D eigenvalue weighted by Crippen LogP contribution is 2.29. The molecule has 0 radical (unpaired) electrons. The van der Waals surface area contributed by atoms with Crippen LogP contribution in [0.15, 0.2) is 47.4 Å². The van der Waals surface area contributed by atoms with Crippen molar-refractivity contribution in [3.05, 3.63) is 53.1 Å². The van der Waals surface area contributed by atoms with Gasteiger partial charge in [0.15, 0.2) is 0 Å². The minimum absolute atomic E-state index is 0.0425. The van der Waals surface area contributed by atoms with Gasteiger partial charge >= 0.3 is 6.61 Å². The van der Waals surface area contributed by atoms with Gasteiger partial charge in [0, 0.05) is 17.3 Å². The Bertz CT molecular complexity index is 937. The van der Waals surface area contributed by atoms with E-state index in [2.05, 4.69) is 14.8 Å². The van der Waals surface area contributed by atoms with Gasteiger partial charge < -0.3 is 10.1 Å². The van der Waals surface area contributed by atoms with Crippen LogP contribution in [0, 0.1) is 0 Å². The Morgan fingerprint density at radius 3 is 2.36 bits per heavy atom. The predicted octanol–water partition coefficient (Wildman–Crippen LogP) is 4.27. The molecule has 10 heteroatoms. The van der Waals surface area contributed by atoms with Gasteiger partial charge in [0.05, 0.1) is 9.92 Å². The maximum Gasteiger partial charge on any atom is 0.387 e. The van der Waals surface area contributed by atoms with Gasteiger partial charge in [0.25, 0.3) is 5.91 Å². The number of hydrogen-bond donors (Lipinski definition) is 2. The second kappa shape index (κ2) is 9.31. The Kier molecular flexibility index (Phi) is 7.34. The summed E-state index contributed by atoms with van der Waals surface area (Å²) in [7, 11) is -3.67. The smallest absolute Gasteiger partial charge is 0.387 e. The number of ether oxygens (including phenoxy) is 1. The lowest BCUT2D eigenvalue weighted by molar-refractivity contribution is -0.0497. The lowest BCUT2D eigenvalue weighted by atomic mass is 10.2. The zero-order chi connectivity index (χ0) is 20.9. The van der Waals surface area contributed by atoms with Crippen molar-refractivity contribution in [2.75, 3.05) is 5.32 Å². The summed E-state index contributed by atoms with van der Waals surface area (Å²) in [4.78, 5) is 12.3. The van der Waals surface area contributed by atoms with E-state index >= 15 is 0 Å². The minimum Gasteiger partial charge on any atom is -0.433 e. The molecule has 28 heavy (non-hydrogen) atoms. The third-order valence-corrected chi connectivity index (χ3v) is 5.70. The third-order valence-electron chi connectivity index (χ3n) is 3.80. The average Bonchev–Trinajstić information content (AvgIpc) is 2.63. The Hall–Kier alpha value is -2.23. The first-order valence-electron chi connectivity index (χ1n) is 8.30. The second-order valence-corrected chi connectivity index (χ2v) is 8.05. The first-order valence-corrected chi connectivity index (χ1v) is 10.2. The van der Waals surface area contributed by atoms with E-state index < -0.39 is 22.5 Å². The number of rotatable bonds is 8. The summed E-state index contributed by atoms with van der Waals surface area (Å²) >= 11 is 5.84. The molecule has 2 N–H and O–H groups in total. The Morgan fingerprint density at radius 1 is 1.18 bits per heavy atom. The van der Waals surface area contributed by atoms with Crippen molar-refractivity contribution in [1.29, 1.82) is 0 Å². The molecule has 0 aliphatic heterocycles. The normalized spacial score (nSPS) is 12.6. The van der Waals surface area contributed by atoms with Crippen LogP contribution in [0.2, 0.25) is 5.02 Å². The van der Waals surface area contributed by atoms with Gasteiger partial charge in [-0.25, -0.2) is 13.1 Å². The number of amides is 1. The molecule has 2 aromatic carbocycles. The van der Waals surface area contributed by atoms with Crippen molar-refractivity contribution < 1.29 is 26.7 Å². The van der Waals surface area contributed by atoms with Crippen molar-refractivity contribution in [3.8, 4) is 5.75 Å². The van der Waals surface area contributed by atoms with Crippen LogP contribution >= 0.6 is 11.6 Å². The first-order chi connectivity index (χ1) is 13.1. The number of halogens is 3. The number of sulfonamides is 1. The zero-order valence-corrected chi connectivity index (χ0v) is 16.7. The van der Waals surface area contributed by atoms with Gasteiger partial charge in [-0.3, -0.25) is 4.79 Å². The highest BCUT2D eigenvalue weighted by Gasteiger charge is 2.17. The number of anilines is 1. The van der Waals surface area contributed by atoms with Crippen LogP contribution in [0.1, 0.15) is 30.6 Å². The van der Waals surface area contributed by atoms with Gasteiger partial charge in [-0.05, 0) is 55.8 Å². The van der Waals surface area contributed by atoms with Gasteiger partial charge in [0.2, 0.25) is 10.0 Å². The molecule has 152 valence electrons. The molecule has 0 spiro atoms. The molecule has 6 nitrogen and oxygen atoms in total. The summed E-state index contributed by atoms with van der Waals surface area (Å²) in [6.45, 7) is 0.601. The Morgan fingerprint density at radius 2 is 1.82 bits per heavy atom. The summed E-state index contributed by atoms with van der Waals surface area (Å²) < 4.78 is 55.7. The minimum atomic E-state index is -3.67. The van der Waals surface area contributed by atoms with Crippen LogP contribution in [0.5, 0.6) is 5.75 Å². The molecule has 0 aliphatic carbocycles. The van der Waals surface area contributed by atoms with Crippen LogP contribution in [0.3, 0.4) is 0 Å². The van der Waals surface area contributed by atoms with Crippen molar-refractivity contribution >= 4 is 33.2 Å². The van der Waals surface area contributed by atoms with E-state index in [1.807, 2.05) is 6.92 Å². The van der Waals surface area contributed by atoms with Gasteiger partial charge in [-0.1, -0.05) is 18.5 Å².